The molecule has 0 aliphatic carbocycles. The number of benzene rings is 1. The van der Waals surface area contributed by atoms with Gasteiger partial charge in [0.05, 0.1) is 12.6 Å². The summed E-state index contributed by atoms with van der Waals surface area (Å²) in [5.74, 6) is -1.01. The van der Waals surface area contributed by atoms with Crippen molar-refractivity contribution in [1.29, 1.82) is 0 Å². The summed E-state index contributed by atoms with van der Waals surface area (Å²) in [6.07, 6.45) is 1.38. The van der Waals surface area contributed by atoms with Gasteiger partial charge in [-0.25, -0.2) is 0 Å². The molecule has 21 heavy (non-hydrogen) atoms. The highest BCUT2D eigenvalue weighted by atomic mass is 32.2. The number of aromatic nitrogens is 2. The number of sulfonamides is 1. The van der Waals surface area contributed by atoms with Crippen LogP contribution < -0.4 is 4.72 Å². The smallest absolute Gasteiger partial charge is 0.303 e. The second kappa shape index (κ2) is 5.96. The van der Waals surface area contributed by atoms with E-state index in [9.17, 15) is 13.2 Å². The number of aromatic amines is 1. The van der Waals surface area contributed by atoms with Gasteiger partial charge < -0.3 is 5.11 Å². The number of nitrogens with one attached hydrogen (secondary N) is 2. The van der Waals surface area contributed by atoms with E-state index in [0.29, 0.717) is 5.69 Å². The van der Waals surface area contributed by atoms with Gasteiger partial charge in [0, 0.05) is 5.69 Å². The van der Waals surface area contributed by atoms with Crippen LogP contribution in [0.3, 0.4) is 0 Å². The largest absolute Gasteiger partial charge is 0.481 e. The van der Waals surface area contributed by atoms with E-state index in [-0.39, 0.29) is 17.4 Å². The fourth-order valence-electron chi connectivity index (χ4n) is 1.86. The molecule has 0 fully saturated rings. The molecule has 3 N–H and O–H groups in total. The van der Waals surface area contributed by atoms with Crippen LogP contribution in [0.25, 0.3) is 0 Å². The van der Waals surface area contributed by atoms with Crippen molar-refractivity contribution in [2.75, 3.05) is 4.72 Å². The summed E-state index contributed by atoms with van der Waals surface area (Å²) in [7, 11) is -3.68. The van der Waals surface area contributed by atoms with Crippen molar-refractivity contribution in [3.63, 3.8) is 0 Å². The third-order valence-electron chi connectivity index (χ3n) is 2.98. The Kier molecular flexibility index (Phi) is 4.27. The van der Waals surface area contributed by atoms with Gasteiger partial charge in [0.1, 0.15) is 0 Å². The fourth-order valence-corrected chi connectivity index (χ4v) is 2.83. The number of carbonyl (C=O) groups is 1. The van der Waals surface area contributed by atoms with Crippen LogP contribution in [0.5, 0.6) is 0 Å². The predicted octanol–water partition coefficient (Wildman–Crippen LogP) is 1.79. The van der Waals surface area contributed by atoms with Gasteiger partial charge in [0.15, 0.2) is 5.03 Å². The van der Waals surface area contributed by atoms with Crippen LogP contribution in [0.4, 0.5) is 5.69 Å². The maximum Gasteiger partial charge on any atom is 0.303 e. The third-order valence-corrected chi connectivity index (χ3v) is 4.29. The number of anilines is 1. The molecule has 2 rings (SSSR count). The Bertz CT molecular complexity index is 708. The molecule has 0 saturated heterocycles. The van der Waals surface area contributed by atoms with Crippen LogP contribution in [0.2, 0.25) is 0 Å². The van der Waals surface area contributed by atoms with E-state index in [2.05, 4.69) is 14.9 Å². The number of rotatable bonds is 6. The molecule has 1 unspecified atom stereocenters. The van der Waals surface area contributed by atoms with E-state index in [1.54, 1.807) is 31.2 Å². The van der Waals surface area contributed by atoms with Crippen molar-refractivity contribution in [2.45, 2.75) is 24.3 Å². The molecule has 1 heterocycles. The van der Waals surface area contributed by atoms with Gasteiger partial charge in [0.25, 0.3) is 10.0 Å². The van der Waals surface area contributed by atoms with Gasteiger partial charge in [-0.05, 0) is 29.7 Å². The Morgan fingerprint density at radius 2 is 2.00 bits per heavy atom. The molecule has 0 radical (unpaired) electrons. The van der Waals surface area contributed by atoms with Gasteiger partial charge in [0.2, 0.25) is 0 Å². The minimum Gasteiger partial charge on any atom is -0.481 e. The molecule has 1 aromatic carbocycles. The number of carboxylic acids is 1. The average Bonchev–Trinajstić information content (AvgIpc) is 2.93. The lowest BCUT2D eigenvalue weighted by molar-refractivity contribution is -0.137. The second-order valence-corrected chi connectivity index (χ2v) is 6.30. The summed E-state index contributed by atoms with van der Waals surface area (Å²) >= 11 is 0. The zero-order valence-electron chi connectivity index (χ0n) is 11.3. The molecule has 2 aromatic rings. The quantitative estimate of drug-likeness (QED) is 0.753. The highest BCUT2D eigenvalue weighted by Crippen LogP contribution is 2.22. The Morgan fingerprint density at radius 3 is 2.52 bits per heavy atom. The molecule has 0 aliphatic rings. The summed E-state index contributed by atoms with van der Waals surface area (Å²) < 4.78 is 26.3. The highest BCUT2D eigenvalue weighted by molar-refractivity contribution is 7.92. The van der Waals surface area contributed by atoms with Crippen LogP contribution in [0, 0.1) is 0 Å². The van der Waals surface area contributed by atoms with Crippen molar-refractivity contribution in [2.24, 2.45) is 0 Å². The maximum atomic E-state index is 12.0. The third kappa shape index (κ3) is 3.82. The number of hydrogen-bond donors (Lipinski definition) is 3. The lowest BCUT2D eigenvalue weighted by atomic mass is 9.98. The van der Waals surface area contributed by atoms with Crippen molar-refractivity contribution in [3.05, 3.63) is 42.1 Å². The summed E-state index contributed by atoms with van der Waals surface area (Å²) in [6, 6.07) is 7.96. The lowest BCUT2D eigenvalue weighted by Crippen LogP contribution is -2.13. The van der Waals surface area contributed by atoms with E-state index in [0.717, 1.165) is 5.56 Å². The first-order valence-corrected chi connectivity index (χ1v) is 7.71. The summed E-state index contributed by atoms with van der Waals surface area (Å²) in [5, 5.41) is 14.7. The number of nitrogens with zero attached hydrogens (tertiary/aromatic N) is 1. The molecule has 7 nitrogen and oxygen atoms in total. The maximum absolute atomic E-state index is 12.0. The highest BCUT2D eigenvalue weighted by Gasteiger charge is 2.16. The summed E-state index contributed by atoms with van der Waals surface area (Å²) in [6.45, 7) is 1.80. The van der Waals surface area contributed by atoms with Crippen molar-refractivity contribution >= 4 is 21.7 Å². The minimum atomic E-state index is -3.68. The van der Waals surface area contributed by atoms with E-state index in [1.807, 2.05) is 0 Å². The number of hydrogen-bond acceptors (Lipinski definition) is 4. The van der Waals surface area contributed by atoms with Crippen LogP contribution in [0.1, 0.15) is 24.8 Å². The molecule has 1 atom stereocenters. The second-order valence-electron chi connectivity index (χ2n) is 4.65. The summed E-state index contributed by atoms with van der Waals surface area (Å²) in [5.41, 5.74) is 1.23. The predicted molar refractivity (Wildman–Crippen MR) is 76.5 cm³/mol. The molecule has 0 bridgehead atoms. The molecular weight excluding hydrogens is 294 g/mol. The van der Waals surface area contributed by atoms with Crippen LogP contribution in [-0.4, -0.2) is 29.7 Å². The Morgan fingerprint density at radius 1 is 1.33 bits per heavy atom. The Balaban J connectivity index is 2.11. The zero-order valence-corrected chi connectivity index (χ0v) is 12.1. The average molecular weight is 309 g/mol. The SMILES string of the molecule is CC(CC(=O)O)c1ccc(NS(=O)(=O)c2ccn[nH]2)cc1. The van der Waals surface area contributed by atoms with Gasteiger partial charge in [-0.15, -0.1) is 0 Å². The molecule has 0 aliphatic heterocycles. The normalized spacial score (nSPS) is 12.8. The molecule has 1 aromatic heterocycles. The first-order chi connectivity index (χ1) is 9.88. The molecular formula is C13H15N3O4S. The number of carboxylic acid groups (broad SMARTS) is 1. The lowest BCUT2D eigenvalue weighted by Gasteiger charge is -2.11. The van der Waals surface area contributed by atoms with Gasteiger partial charge in [-0.3, -0.25) is 14.6 Å². The van der Waals surface area contributed by atoms with E-state index in [1.165, 1.54) is 12.3 Å². The van der Waals surface area contributed by atoms with E-state index in [4.69, 9.17) is 5.11 Å². The van der Waals surface area contributed by atoms with Gasteiger partial charge >= 0.3 is 5.97 Å². The van der Waals surface area contributed by atoms with E-state index < -0.39 is 16.0 Å². The Labute approximate surface area is 122 Å². The van der Waals surface area contributed by atoms with Gasteiger partial charge in [-0.1, -0.05) is 19.1 Å². The first kappa shape index (κ1) is 15.0. The fraction of sp³-hybridized carbons (Fsp3) is 0.231. The van der Waals surface area contributed by atoms with Crippen LogP contribution in [-0.2, 0) is 14.8 Å². The van der Waals surface area contributed by atoms with Crippen molar-refractivity contribution < 1.29 is 18.3 Å². The molecule has 8 heteroatoms. The van der Waals surface area contributed by atoms with Crippen molar-refractivity contribution in [1.82, 2.24) is 10.2 Å². The van der Waals surface area contributed by atoms with Gasteiger partial charge in [-0.2, -0.15) is 13.5 Å². The first-order valence-electron chi connectivity index (χ1n) is 6.22. The summed E-state index contributed by atoms with van der Waals surface area (Å²) in [4.78, 5) is 10.7. The topological polar surface area (TPSA) is 112 Å². The number of aliphatic carboxylic acids is 1. The van der Waals surface area contributed by atoms with E-state index >= 15 is 0 Å². The van der Waals surface area contributed by atoms with Crippen LogP contribution >= 0.6 is 0 Å². The molecule has 112 valence electrons. The standard InChI is InChI=1S/C13H15N3O4S/c1-9(8-13(17)18)10-2-4-11(5-3-10)16-21(19,20)12-6-7-14-15-12/h2-7,9,16H,8H2,1H3,(H,14,15)(H,17,18). The Hall–Kier alpha value is -2.35. The minimum absolute atomic E-state index is 0.0224. The molecule has 0 amide bonds. The number of H-pyrrole nitrogens is 1. The van der Waals surface area contributed by atoms with Crippen molar-refractivity contribution in [3.8, 4) is 0 Å². The monoisotopic (exact) mass is 309 g/mol. The molecule has 0 spiro atoms. The van der Waals surface area contributed by atoms with Crippen LogP contribution in [0.15, 0.2) is 41.6 Å². The molecule has 0 saturated carbocycles. The zero-order chi connectivity index (χ0) is 15.5.